The Morgan fingerprint density at radius 2 is 2.00 bits per heavy atom. The van der Waals surface area contributed by atoms with E-state index < -0.39 is 17.7 Å². The topological polar surface area (TPSA) is 39.2 Å². The molecule has 5 heteroatoms. The van der Waals surface area contributed by atoms with E-state index in [0.717, 1.165) is 12.1 Å². The summed E-state index contributed by atoms with van der Waals surface area (Å²) in [5.41, 5.74) is 6.39. The number of hydrogen-bond donors (Lipinski definition) is 1. The van der Waals surface area contributed by atoms with Crippen LogP contribution in [-0.4, -0.2) is 0 Å². The summed E-state index contributed by atoms with van der Waals surface area (Å²) in [6, 6.07) is 2.73. The lowest BCUT2D eigenvalue weighted by atomic mass is 10.0. The Hall–Kier alpha value is -1.39. The van der Waals surface area contributed by atoms with Crippen molar-refractivity contribution in [2.45, 2.75) is 6.04 Å². The molecule has 1 aromatic carbocycles. The number of furan rings is 1. The van der Waals surface area contributed by atoms with Crippen molar-refractivity contribution < 1.29 is 13.2 Å². The van der Waals surface area contributed by atoms with Gasteiger partial charge < -0.3 is 10.2 Å². The molecule has 0 radical (unpaired) electrons. The molecule has 84 valence electrons. The van der Waals surface area contributed by atoms with Gasteiger partial charge in [0.05, 0.1) is 23.6 Å². The average molecular weight is 244 g/mol. The lowest BCUT2D eigenvalue weighted by Crippen LogP contribution is -2.13. The van der Waals surface area contributed by atoms with Crippen molar-refractivity contribution in [3.63, 3.8) is 0 Å². The summed E-state index contributed by atoms with van der Waals surface area (Å²) in [5, 5.41) is -0.263. The summed E-state index contributed by atoms with van der Waals surface area (Å²) in [5.74, 6) is -1.34. The number of hydrogen-bond acceptors (Lipinski definition) is 2. The Bertz CT molecular complexity index is 499. The molecule has 1 atom stereocenters. The summed E-state index contributed by atoms with van der Waals surface area (Å²) in [6.45, 7) is 0. The maximum absolute atomic E-state index is 13.5. The fourth-order valence-electron chi connectivity index (χ4n) is 1.41. The third-order valence-electron chi connectivity index (χ3n) is 2.28. The Morgan fingerprint density at radius 1 is 1.25 bits per heavy atom. The highest BCUT2D eigenvalue weighted by molar-refractivity contribution is 6.30. The minimum atomic E-state index is -0.773. The van der Waals surface area contributed by atoms with Crippen molar-refractivity contribution in [1.82, 2.24) is 0 Å². The fourth-order valence-corrected chi connectivity index (χ4v) is 1.56. The van der Waals surface area contributed by atoms with Gasteiger partial charge in [0.2, 0.25) is 0 Å². The van der Waals surface area contributed by atoms with E-state index in [1.54, 1.807) is 6.07 Å². The largest absolute Gasteiger partial charge is 0.472 e. The highest BCUT2D eigenvalue weighted by Gasteiger charge is 2.17. The molecule has 2 aromatic rings. The van der Waals surface area contributed by atoms with Crippen LogP contribution in [0, 0.1) is 11.6 Å². The molecule has 0 aliphatic rings. The van der Waals surface area contributed by atoms with Gasteiger partial charge >= 0.3 is 0 Å². The zero-order chi connectivity index (χ0) is 11.7. The molecule has 0 bridgehead atoms. The second-order valence-electron chi connectivity index (χ2n) is 3.32. The van der Waals surface area contributed by atoms with Crippen molar-refractivity contribution >= 4 is 11.6 Å². The molecule has 1 unspecified atom stereocenters. The van der Waals surface area contributed by atoms with Gasteiger partial charge in [-0.1, -0.05) is 11.6 Å². The lowest BCUT2D eigenvalue weighted by Gasteiger charge is -2.11. The van der Waals surface area contributed by atoms with E-state index >= 15 is 0 Å². The molecule has 2 N–H and O–H groups in total. The minimum Gasteiger partial charge on any atom is -0.472 e. The number of nitrogens with two attached hydrogens (primary N) is 1. The minimum absolute atomic E-state index is 0.0447. The lowest BCUT2D eigenvalue weighted by molar-refractivity contribution is 0.556. The molecule has 0 saturated carbocycles. The first-order valence-corrected chi connectivity index (χ1v) is 4.89. The second kappa shape index (κ2) is 4.23. The molecule has 0 spiro atoms. The monoisotopic (exact) mass is 243 g/mol. The van der Waals surface area contributed by atoms with Crippen molar-refractivity contribution in [2.75, 3.05) is 0 Å². The summed E-state index contributed by atoms with van der Waals surface area (Å²) in [4.78, 5) is 0. The van der Waals surface area contributed by atoms with E-state index in [-0.39, 0.29) is 10.6 Å². The number of halogens is 3. The summed E-state index contributed by atoms with van der Waals surface area (Å²) in [7, 11) is 0. The van der Waals surface area contributed by atoms with Crippen LogP contribution in [0.1, 0.15) is 17.2 Å². The Kier molecular flexibility index (Phi) is 2.94. The fraction of sp³-hybridized carbons (Fsp3) is 0.0909. The maximum atomic E-state index is 13.5. The van der Waals surface area contributed by atoms with E-state index in [0.29, 0.717) is 5.56 Å². The molecule has 0 aliphatic heterocycles. The summed E-state index contributed by atoms with van der Waals surface area (Å²) >= 11 is 5.44. The highest BCUT2D eigenvalue weighted by atomic mass is 35.5. The van der Waals surface area contributed by atoms with Gasteiger partial charge in [-0.25, -0.2) is 8.78 Å². The molecule has 2 rings (SSSR count). The normalized spacial score (nSPS) is 12.8. The zero-order valence-electron chi connectivity index (χ0n) is 8.08. The van der Waals surface area contributed by atoms with Gasteiger partial charge in [0.25, 0.3) is 0 Å². The first-order chi connectivity index (χ1) is 7.59. The van der Waals surface area contributed by atoms with Crippen LogP contribution >= 0.6 is 11.6 Å². The first kappa shape index (κ1) is 11.1. The van der Waals surface area contributed by atoms with E-state index in [1.807, 2.05) is 0 Å². The second-order valence-corrected chi connectivity index (χ2v) is 3.73. The third kappa shape index (κ3) is 1.94. The van der Waals surface area contributed by atoms with E-state index in [9.17, 15) is 8.78 Å². The molecule has 0 fully saturated rings. The maximum Gasteiger partial charge on any atom is 0.142 e. The molecule has 2 nitrogen and oxygen atoms in total. The Balaban J connectivity index is 2.44. The van der Waals surface area contributed by atoms with Gasteiger partial charge in [0.15, 0.2) is 0 Å². The van der Waals surface area contributed by atoms with Crippen LogP contribution in [-0.2, 0) is 0 Å². The standard InChI is InChI=1S/C11H8ClF2NO/c12-8-4-9(13)7(3-10(8)14)11(15)6-1-2-16-5-6/h1-5,11H,15H2. The van der Waals surface area contributed by atoms with Crippen molar-refractivity contribution in [3.8, 4) is 0 Å². The van der Waals surface area contributed by atoms with Gasteiger partial charge in [-0.2, -0.15) is 0 Å². The smallest absolute Gasteiger partial charge is 0.142 e. The molecular formula is C11H8ClF2NO. The van der Waals surface area contributed by atoms with E-state index in [1.165, 1.54) is 12.5 Å². The van der Waals surface area contributed by atoms with Crippen molar-refractivity contribution in [2.24, 2.45) is 5.73 Å². The molecule has 0 amide bonds. The Labute approximate surface area is 95.6 Å². The van der Waals surface area contributed by atoms with Crippen LogP contribution in [0.3, 0.4) is 0 Å². The molecule has 1 aromatic heterocycles. The van der Waals surface area contributed by atoms with Crippen LogP contribution in [0.15, 0.2) is 35.1 Å². The highest BCUT2D eigenvalue weighted by Crippen LogP contribution is 2.26. The van der Waals surface area contributed by atoms with E-state index in [2.05, 4.69) is 0 Å². The quantitative estimate of drug-likeness (QED) is 0.823. The molecule has 16 heavy (non-hydrogen) atoms. The molecule has 0 aliphatic carbocycles. The number of rotatable bonds is 2. The van der Waals surface area contributed by atoms with Gasteiger partial charge in [-0.15, -0.1) is 0 Å². The summed E-state index contributed by atoms with van der Waals surface area (Å²) < 4.78 is 31.5. The van der Waals surface area contributed by atoms with Crippen LogP contribution in [0.2, 0.25) is 5.02 Å². The molecule has 0 saturated heterocycles. The average Bonchev–Trinajstić information content (AvgIpc) is 2.75. The molecule has 1 heterocycles. The summed E-state index contributed by atoms with van der Waals surface area (Å²) in [6.07, 6.45) is 2.80. The van der Waals surface area contributed by atoms with Gasteiger partial charge in [0, 0.05) is 11.1 Å². The van der Waals surface area contributed by atoms with Crippen molar-refractivity contribution in [3.05, 3.63) is 58.5 Å². The Morgan fingerprint density at radius 3 is 2.62 bits per heavy atom. The number of benzene rings is 1. The molecular weight excluding hydrogens is 236 g/mol. The van der Waals surface area contributed by atoms with Crippen LogP contribution in [0.4, 0.5) is 8.78 Å². The van der Waals surface area contributed by atoms with Crippen molar-refractivity contribution in [1.29, 1.82) is 0 Å². The zero-order valence-corrected chi connectivity index (χ0v) is 8.84. The van der Waals surface area contributed by atoms with Crippen LogP contribution in [0.5, 0.6) is 0 Å². The van der Waals surface area contributed by atoms with Gasteiger partial charge in [-0.3, -0.25) is 0 Å². The van der Waals surface area contributed by atoms with Gasteiger partial charge in [0.1, 0.15) is 11.6 Å². The SMILES string of the molecule is NC(c1ccoc1)c1cc(F)c(Cl)cc1F. The van der Waals surface area contributed by atoms with Crippen LogP contribution < -0.4 is 5.73 Å². The predicted octanol–water partition coefficient (Wildman–Crippen LogP) is 3.26. The first-order valence-electron chi connectivity index (χ1n) is 4.51. The van der Waals surface area contributed by atoms with Crippen LogP contribution in [0.25, 0.3) is 0 Å². The predicted molar refractivity (Wildman–Crippen MR) is 56.1 cm³/mol. The van der Waals surface area contributed by atoms with Gasteiger partial charge in [-0.05, 0) is 18.2 Å². The third-order valence-corrected chi connectivity index (χ3v) is 2.57. The van der Waals surface area contributed by atoms with E-state index in [4.69, 9.17) is 21.8 Å².